The fourth-order valence-electron chi connectivity index (χ4n) is 2.96. The van der Waals surface area contributed by atoms with Gasteiger partial charge in [0.05, 0.1) is 18.8 Å². The summed E-state index contributed by atoms with van der Waals surface area (Å²) in [5.41, 5.74) is -1.46. The number of ether oxygens (including phenoxy) is 3. The van der Waals surface area contributed by atoms with Crippen molar-refractivity contribution in [3.8, 4) is 0 Å². The highest BCUT2D eigenvalue weighted by Gasteiger charge is 2.52. The second-order valence-corrected chi connectivity index (χ2v) is 5.49. The Kier molecular flexibility index (Phi) is 6.02. The van der Waals surface area contributed by atoms with Gasteiger partial charge in [-0.25, -0.2) is 4.39 Å². The molecule has 1 rings (SSSR count). The van der Waals surface area contributed by atoms with Gasteiger partial charge in [-0.2, -0.15) is 0 Å². The summed E-state index contributed by atoms with van der Waals surface area (Å²) in [6.07, 6.45) is 2.69. The minimum absolute atomic E-state index is 0.103. The Balaban J connectivity index is 2.41. The monoisotopic (exact) mass is 262 g/mol. The van der Waals surface area contributed by atoms with Gasteiger partial charge in [0, 0.05) is 13.5 Å². The molecule has 0 saturated heterocycles. The maximum Gasteiger partial charge on any atom is 0.147 e. The van der Waals surface area contributed by atoms with Crippen LogP contribution in [0.15, 0.2) is 0 Å². The van der Waals surface area contributed by atoms with Crippen molar-refractivity contribution in [1.29, 1.82) is 0 Å². The quantitative estimate of drug-likeness (QED) is 0.496. The van der Waals surface area contributed by atoms with E-state index in [-0.39, 0.29) is 12.7 Å². The standard InChI is InChI=1S/C14H27FO3/c1-5-12-9-13(3,10-14(12,15)6-2)18-11-17-8-7-16-4/h12H,5-11H2,1-4H3. The van der Waals surface area contributed by atoms with Crippen LogP contribution in [0.25, 0.3) is 0 Å². The molecule has 4 heteroatoms. The van der Waals surface area contributed by atoms with Crippen LogP contribution >= 0.6 is 0 Å². The lowest BCUT2D eigenvalue weighted by molar-refractivity contribution is -0.141. The number of hydrogen-bond acceptors (Lipinski definition) is 3. The maximum absolute atomic E-state index is 14.7. The predicted molar refractivity (Wildman–Crippen MR) is 69.3 cm³/mol. The van der Waals surface area contributed by atoms with Gasteiger partial charge in [-0.1, -0.05) is 20.3 Å². The lowest BCUT2D eigenvalue weighted by Gasteiger charge is -2.26. The van der Waals surface area contributed by atoms with Gasteiger partial charge in [-0.05, 0) is 25.7 Å². The second-order valence-electron chi connectivity index (χ2n) is 5.49. The molecule has 1 fully saturated rings. The molecule has 0 amide bonds. The third-order valence-corrected chi connectivity index (χ3v) is 4.08. The Morgan fingerprint density at radius 2 is 2.00 bits per heavy atom. The number of methoxy groups -OCH3 is 1. The summed E-state index contributed by atoms with van der Waals surface area (Å²) in [6.45, 7) is 7.25. The van der Waals surface area contributed by atoms with Crippen LogP contribution in [0.2, 0.25) is 0 Å². The average molecular weight is 262 g/mol. The summed E-state index contributed by atoms with van der Waals surface area (Å²) >= 11 is 0. The van der Waals surface area contributed by atoms with E-state index in [2.05, 4.69) is 6.92 Å². The van der Waals surface area contributed by atoms with Crippen molar-refractivity contribution in [2.24, 2.45) is 5.92 Å². The number of halogens is 1. The molecule has 1 saturated carbocycles. The molecule has 0 spiro atoms. The van der Waals surface area contributed by atoms with Crippen LogP contribution < -0.4 is 0 Å². The first kappa shape index (κ1) is 15.9. The second kappa shape index (κ2) is 6.83. The Morgan fingerprint density at radius 3 is 2.50 bits per heavy atom. The van der Waals surface area contributed by atoms with E-state index in [0.29, 0.717) is 26.1 Å². The maximum atomic E-state index is 14.7. The molecule has 0 aliphatic heterocycles. The third-order valence-electron chi connectivity index (χ3n) is 4.08. The summed E-state index contributed by atoms with van der Waals surface area (Å²) in [4.78, 5) is 0. The Bertz CT molecular complexity index is 249. The molecule has 3 nitrogen and oxygen atoms in total. The third kappa shape index (κ3) is 3.90. The van der Waals surface area contributed by atoms with E-state index in [1.54, 1.807) is 7.11 Å². The van der Waals surface area contributed by atoms with Gasteiger partial charge in [0.15, 0.2) is 0 Å². The molecule has 0 bridgehead atoms. The van der Waals surface area contributed by atoms with Crippen molar-refractivity contribution in [3.63, 3.8) is 0 Å². The fourth-order valence-corrected chi connectivity index (χ4v) is 2.96. The highest BCUT2D eigenvalue weighted by Crippen LogP contribution is 2.49. The van der Waals surface area contributed by atoms with Gasteiger partial charge in [0.25, 0.3) is 0 Å². The first-order valence-corrected chi connectivity index (χ1v) is 6.89. The van der Waals surface area contributed by atoms with Gasteiger partial charge in [0.2, 0.25) is 0 Å². The van der Waals surface area contributed by atoms with Gasteiger partial charge in [-0.3, -0.25) is 0 Å². The molecule has 0 radical (unpaired) electrons. The summed E-state index contributed by atoms with van der Waals surface area (Å²) in [5.74, 6) is 0.103. The normalized spacial score (nSPS) is 36.2. The van der Waals surface area contributed by atoms with Crippen LogP contribution in [0, 0.1) is 5.92 Å². The highest BCUT2D eigenvalue weighted by atomic mass is 19.1. The van der Waals surface area contributed by atoms with Crippen LogP contribution in [0.5, 0.6) is 0 Å². The molecule has 0 aromatic heterocycles. The SMILES string of the molecule is CCC1CC(C)(OCOCCOC)CC1(F)CC. The van der Waals surface area contributed by atoms with Gasteiger partial charge >= 0.3 is 0 Å². The molecule has 1 aliphatic rings. The molecular formula is C14H27FO3. The number of rotatable bonds is 8. The van der Waals surface area contributed by atoms with Crippen molar-refractivity contribution >= 4 is 0 Å². The summed E-state index contributed by atoms with van der Waals surface area (Å²) in [7, 11) is 1.63. The van der Waals surface area contributed by atoms with Crippen molar-refractivity contribution in [2.75, 3.05) is 27.1 Å². The molecule has 0 heterocycles. The van der Waals surface area contributed by atoms with Gasteiger partial charge < -0.3 is 14.2 Å². The fraction of sp³-hybridized carbons (Fsp3) is 1.00. The topological polar surface area (TPSA) is 27.7 Å². The van der Waals surface area contributed by atoms with E-state index in [0.717, 1.165) is 12.8 Å². The van der Waals surface area contributed by atoms with Gasteiger partial charge in [0.1, 0.15) is 12.5 Å². The Hall–Kier alpha value is -0.190. The van der Waals surface area contributed by atoms with Crippen molar-refractivity contribution in [1.82, 2.24) is 0 Å². The minimum atomic E-state index is -1.07. The molecule has 0 aromatic rings. The van der Waals surface area contributed by atoms with Crippen LogP contribution in [-0.4, -0.2) is 38.4 Å². The molecule has 0 N–H and O–H groups in total. The van der Waals surface area contributed by atoms with E-state index in [4.69, 9.17) is 14.2 Å². The largest absolute Gasteiger partial charge is 0.382 e. The molecule has 3 atom stereocenters. The van der Waals surface area contributed by atoms with E-state index >= 15 is 0 Å². The van der Waals surface area contributed by atoms with Crippen molar-refractivity contribution in [2.45, 2.75) is 57.7 Å². The summed E-state index contributed by atoms with van der Waals surface area (Å²) in [5, 5.41) is 0. The average Bonchev–Trinajstić information content (AvgIpc) is 2.61. The zero-order valence-corrected chi connectivity index (χ0v) is 12.1. The van der Waals surface area contributed by atoms with E-state index in [1.807, 2.05) is 13.8 Å². The highest BCUT2D eigenvalue weighted by molar-refractivity contribution is 5.02. The van der Waals surface area contributed by atoms with Crippen LogP contribution in [0.1, 0.15) is 46.5 Å². The predicted octanol–water partition coefficient (Wildman–Crippen LogP) is 3.32. The van der Waals surface area contributed by atoms with E-state index < -0.39 is 11.3 Å². The first-order chi connectivity index (χ1) is 8.49. The van der Waals surface area contributed by atoms with E-state index in [1.165, 1.54) is 0 Å². The molecule has 3 unspecified atom stereocenters. The summed E-state index contributed by atoms with van der Waals surface area (Å²) < 4.78 is 30.6. The van der Waals surface area contributed by atoms with Crippen LogP contribution in [-0.2, 0) is 14.2 Å². The molecule has 1 aliphatic carbocycles. The molecular weight excluding hydrogens is 235 g/mol. The van der Waals surface area contributed by atoms with Crippen LogP contribution in [0.3, 0.4) is 0 Å². The van der Waals surface area contributed by atoms with Crippen molar-refractivity contribution < 1.29 is 18.6 Å². The zero-order chi connectivity index (χ0) is 13.6. The first-order valence-electron chi connectivity index (χ1n) is 6.89. The Labute approximate surface area is 110 Å². The molecule has 18 heavy (non-hydrogen) atoms. The van der Waals surface area contributed by atoms with Crippen molar-refractivity contribution in [3.05, 3.63) is 0 Å². The Morgan fingerprint density at radius 1 is 1.28 bits per heavy atom. The minimum Gasteiger partial charge on any atom is -0.382 e. The lowest BCUT2D eigenvalue weighted by atomic mass is 9.88. The lowest BCUT2D eigenvalue weighted by Crippen LogP contribution is -2.30. The van der Waals surface area contributed by atoms with Gasteiger partial charge in [-0.15, -0.1) is 0 Å². The summed E-state index contributed by atoms with van der Waals surface area (Å²) in [6, 6.07) is 0. The smallest absolute Gasteiger partial charge is 0.147 e. The number of alkyl halides is 1. The number of hydrogen-bond donors (Lipinski definition) is 0. The molecule has 108 valence electrons. The van der Waals surface area contributed by atoms with Crippen LogP contribution in [0.4, 0.5) is 4.39 Å². The molecule has 0 aromatic carbocycles. The van der Waals surface area contributed by atoms with E-state index in [9.17, 15) is 4.39 Å². The zero-order valence-electron chi connectivity index (χ0n) is 12.1.